The number of ether oxygens (including phenoxy) is 1. The highest BCUT2D eigenvalue weighted by Gasteiger charge is 2.27. The molecule has 1 aromatic carbocycles. The lowest BCUT2D eigenvalue weighted by Gasteiger charge is -2.10. The van der Waals surface area contributed by atoms with Gasteiger partial charge in [-0.2, -0.15) is 0 Å². The Hall–Kier alpha value is -1.13. The first-order valence-corrected chi connectivity index (χ1v) is 9.24. The zero-order valence-corrected chi connectivity index (χ0v) is 15.0. The van der Waals surface area contributed by atoms with E-state index in [0.717, 1.165) is 14.9 Å². The molecule has 0 amide bonds. The Kier molecular flexibility index (Phi) is 4.89. The molecule has 0 fully saturated rings. The number of hydrogen-bond acceptors (Lipinski definition) is 5. The van der Waals surface area contributed by atoms with Crippen molar-refractivity contribution in [3.8, 4) is 0 Å². The minimum Gasteiger partial charge on any atom is -0.465 e. The van der Waals surface area contributed by atoms with E-state index in [1.165, 1.54) is 7.11 Å². The molecule has 0 atom stereocenters. The number of sulfonamides is 1. The van der Waals surface area contributed by atoms with E-state index in [4.69, 9.17) is 0 Å². The van der Waals surface area contributed by atoms with E-state index in [0.29, 0.717) is 11.3 Å². The number of carbonyl (C=O) groups excluding carboxylic acids is 1. The summed E-state index contributed by atoms with van der Waals surface area (Å²) >= 11 is 3.10. The van der Waals surface area contributed by atoms with E-state index >= 15 is 0 Å². The number of esters is 1. The average Bonchev–Trinajstić information content (AvgIpc) is 2.83. The third-order valence-corrected chi connectivity index (χ3v) is 6.38. The first kappa shape index (κ1) is 16.2. The molecule has 2 rings (SSSR count). The van der Waals surface area contributed by atoms with Gasteiger partial charge in [0.15, 0.2) is 0 Å². The lowest BCUT2D eigenvalue weighted by atomic mass is 10.3. The fraction of sp³-hybridized carbons (Fsp3) is 0.154. The second-order valence-electron chi connectivity index (χ2n) is 4.15. The van der Waals surface area contributed by atoms with Crippen LogP contribution in [0, 0.1) is 10.5 Å². The van der Waals surface area contributed by atoms with E-state index in [1.807, 2.05) is 28.7 Å². The molecule has 0 saturated heterocycles. The number of nitrogens with one attached hydrogen (secondary N) is 1. The Morgan fingerprint density at radius 1 is 1.33 bits per heavy atom. The quantitative estimate of drug-likeness (QED) is 0.589. The summed E-state index contributed by atoms with van der Waals surface area (Å²) in [5.41, 5.74) is 0.985. The number of methoxy groups -OCH3 is 1. The largest absolute Gasteiger partial charge is 0.465 e. The van der Waals surface area contributed by atoms with E-state index in [1.54, 1.807) is 30.5 Å². The predicted molar refractivity (Wildman–Crippen MR) is 90.4 cm³/mol. The van der Waals surface area contributed by atoms with Gasteiger partial charge in [-0.15, -0.1) is 11.3 Å². The van der Waals surface area contributed by atoms with Crippen LogP contribution < -0.4 is 4.72 Å². The van der Waals surface area contributed by atoms with Crippen LogP contribution in [0.1, 0.15) is 15.2 Å². The number of halogens is 1. The minimum absolute atomic E-state index is 0.0287. The van der Waals surface area contributed by atoms with Crippen molar-refractivity contribution in [2.75, 3.05) is 11.8 Å². The Morgan fingerprint density at radius 3 is 2.62 bits per heavy atom. The van der Waals surface area contributed by atoms with Crippen LogP contribution in [-0.4, -0.2) is 21.5 Å². The Morgan fingerprint density at radius 2 is 2.00 bits per heavy atom. The average molecular weight is 437 g/mol. The molecule has 0 radical (unpaired) electrons. The predicted octanol–water partition coefficient (Wildman–Crippen LogP) is 3.25. The SMILES string of the molecule is COC(=O)c1scc(C)c1S(=O)(=O)Nc1ccccc1I. The molecule has 1 N–H and O–H groups in total. The lowest BCUT2D eigenvalue weighted by molar-refractivity contribution is 0.0602. The molecule has 1 heterocycles. The Balaban J connectivity index is 2.48. The number of benzene rings is 1. The Bertz CT molecular complexity index is 783. The van der Waals surface area contributed by atoms with Crippen LogP contribution in [0.5, 0.6) is 0 Å². The highest BCUT2D eigenvalue weighted by atomic mass is 127. The molecule has 2 aromatic rings. The molecule has 0 bridgehead atoms. The molecule has 1 aromatic heterocycles. The summed E-state index contributed by atoms with van der Waals surface area (Å²) in [6, 6.07) is 7.01. The minimum atomic E-state index is -3.85. The van der Waals surface area contributed by atoms with Crippen molar-refractivity contribution in [2.45, 2.75) is 11.8 Å². The summed E-state index contributed by atoms with van der Waals surface area (Å²) in [6.45, 7) is 1.65. The number of hydrogen-bond donors (Lipinski definition) is 1. The second kappa shape index (κ2) is 6.32. The molecule has 0 unspecified atom stereocenters. The van der Waals surface area contributed by atoms with Gasteiger partial charge in [0, 0.05) is 3.57 Å². The van der Waals surface area contributed by atoms with Crippen LogP contribution in [-0.2, 0) is 14.8 Å². The van der Waals surface area contributed by atoms with Gasteiger partial charge in [0.2, 0.25) is 0 Å². The van der Waals surface area contributed by atoms with Crippen molar-refractivity contribution in [2.24, 2.45) is 0 Å². The molecule has 0 saturated carbocycles. The van der Waals surface area contributed by atoms with E-state index < -0.39 is 16.0 Å². The van der Waals surface area contributed by atoms with Crippen molar-refractivity contribution in [1.82, 2.24) is 0 Å². The van der Waals surface area contributed by atoms with Gasteiger partial charge in [0.25, 0.3) is 10.0 Å². The number of para-hydroxylation sites is 1. The number of rotatable bonds is 4. The van der Waals surface area contributed by atoms with Crippen LogP contribution >= 0.6 is 33.9 Å². The first-order chi connectivity index (χ1) is 9.86. The maximum atomic E-state index is 12.6. The van der Waals surface area contributed by atoms with Gasteiger partial charge in [-0.1, -0.05) is 12.1 Å². The van der Waals surface area contributed by atoms with E-state index in [-0.39, 0.29) is 9.77 Å². The number of anilines is 1. The van der Waals surface area contributed by atoms with Crippen LogP contribution in [0.4, 0.5) is 5.69 Å². The third-order valence-electron chi connectivity index (χ3n) is 2.68. The van der Waals surface area contributed by atoms with Gasteiger partial charge in [-0.25, -0.2) is 13.2 Å². The summed E-state index contributed by atoms with van der Waals surface area (Å²) in [6.07, 6.45) is 0. The van der Waals surface area contributed by atoms with Gasteiger partial charge in [-0.05, 0) is 52.6 Å². The van der Waals surface area contributed by atoms with E-state index in [9.17, 15) is 13.2 Å². The van der Waals surface area contributed by atoms with Crippen molar-refractivity contribution in [3.63, 3.8) is 0 Å². The number of aryl methyl sites for hydroxylation is 1. The smallest absolute Gasteiger partial charge is 0.349 e. The molecule has 5 nitrogen and oxygen atoms in total. The van der Waals surface area contributed by atoms with Crippen LogP contribution in [0.15, 0.2) is 34.5 Å². The zero-order chi connectivity index (χ0) is 15.6. The molecule has 0 spiro atoms. The topological polar surface area (TPSA) is 72.5 Å². The molecule has 0 aliphatic carbocycles. The van der Waals surface area contributed by atoms with Crippen LogP contribution in [0.2, 0.25) is 0 Å². The maximum Gasteiger partial charge on any atom is 0.349 e. The lowest BCUT2D eigenvalue weighted by Crippen LogP contribution is -2.17. The van der Waals surface area contributed by atoms with Gasteiger partial charge in [-0.3, -0.25) is 4.72 Å². The third kappa shape index (κ3) is 3.38. The van der Waals surface area contributed by atoms with Crippen molar-refractivity contribution in [1.29, 1.82) is 0 Å². The van der Waals surface area contributed by atoms with Crippen molar-refractivity contribution in [3.05, 3.63) is 43.7 Å². The molecule has 0 aliphatic heterocycles. The van der Waals surface area contributed by atoms with Crippen molar-refractivity contribution >= 4 is 55.6 Å². The molecule has 112 valence electrons. The molecule has 0 aliphatic rings. The maximum absolute atomic E-state index is 12.6. The highest BCUT2D eigenvalue weighted by Crippen LogP contribution is 2.30. The Labute approximate surface area is 140 Å². The van der Waals surface area contributed by atoms with Crippen molar-refractivity contribution < 1.29 is 17.9 Å². The van der Waals surface area contributed by atoms with Gasteiger partial charge < -0.3 is 4.74 Å². The summed E-state index contributed by atoms with van der Waals surface area (Å²) < 4.78 is 33.0. The van der Waals surface area contributed by atoms with Gasteiger partial charge >= 0.3 is 5.97 Å². The van der Waals surface area contributed by atoms with E-state index in [2.05, 4.69) is 9.46 Å². The van der Waals surface area contributed by atoms with Gasteiger partial charge in [0.05, 0.1) is 12.8 Å². The normalized spacial score (nSPS) is 11.2. The summed E-state index contributed by atoms with van der Waals surface area (Å²) in [5.74, 6) is -0.656. The monoisotopic (exact) mass is 437 g/mol. The summed E-state index contributed by atoms with van der Waals surface area (Å²) in [5, 5.41) is 1.62. The molecular formula is C13H12INO4S2. The standard InChI is InChI=1S/C13H12INO4S2/c1-8-7-20-11(13(16)19-2)12(8)21(17,18)15-10-6-4-3-5-9(10)14/h3-7,15H,1-2H3. The molecule has 21 heavy (non-hydrogen) atoms. The number of carbonyl (C=O) groups is 1. The summed E-state index contributed by atoms with van der Waals surface area (Å²) in [4.78, 5) is 11.8. The second-order valence-corrected chi connectivity index (χ2v) is 7.81. The molecule has 8 heteroatoms. The van der Waals surface area contributed by atoms with Crippen LogP contribution in [0.3, 0.4) is 0 Å². The summed E-state index contributed by atoms with van der Waals surface area (Å²) in [7, 11) is -2.63. The first-order valence-electron chi connectivity index (χ1n) is 5.80. The zero-order valence-electron chi connectivity index (χ0n) is 11.2. The fourth-order valence-corrected chi connectivity index (χ4v) is 5.23. The fourth-order valence-electron chi connectivity index (χ4n) is 1.74. The highest BCUT2D eigenvalue weighted by molar-refractivity contribution is 14.1. The number of thiophene rings is 1. The van der Waals surface area contributed by atoms with Crippen LogP contribution in [0.25, 0.3) is 0 Å². The van der Waals surface area contributed by atoms with Gasteiger partial charge in [0.1, 0.15) is 9.77 Å². The molecular weight excluding hydrogens is 425 g/mol.